The molecule has 32 heavy (non-hydrogen) atoms. The molecular weight excluding hydrogens is 400 g/mol. The van der Waals surface area contributed by atoms with Crippen LogP contribution >= 0.6 is 0 Å². The molecule has 0 bridgehead atoms. The SMILES string of the molecule is O=C(Nc1cnc(-c2cccc(O)c2)nc1)c1ccc(N2CCc3ccccc3C2)cc1. The lowest BCUT2D eigenvalue weighted by Gasteiger charge is -2.30. The van der Waals surface area contributed by atoms with Gasteiger partial charge in [-0.15, -0.1) is 0 Å². The summed E-state index contributed by atoms with van der Waals surface area (Å²) in [5.74, 6) is 0.418. The van der Waals surface area contributed by atoms with E-state index in [0.717, 1.165) is 25.2 Å². The van der Waals surface area contributed by atoms with Crippen LogP contribution in [0.5, 0.6) is 5.75 Å². The molecule has 158 valence electrons. The molecule has 0 fully saturated rings. The van der Waals surface area contributed by atoms with E-state index in [9.17, 15) is 9.90 Å². The van der Waals surface area contributed by atoms with Gasteiger partial charge in [0.05, 0.1) is 18.1 Å². The number of nitrogens with zero attached hydrogens (tertiary/aromatic N) is 3. The molecule has 6 nitrogen and oxygen atoms in total. The van der Waals surface area contributed by atoms with Gasteiger partial charge in [0.1, 0.15) is 5.75 Å². The summed E-state index contributed by atoms with van der Waals surface area (Å²) in [6, 6.07) is 22.9. The van der Waals surface area contributed by atoms with Crippen molar-refractivity contribution in [1.29, 1.82) is 0 Å². The fourth-order valence-corrected chi connectivity index (χ4v) is 3.93. The number of fused-ring (bicyclic) bond motifs is 1. The van der Waals surface area contributed by atoms with Crippen molar-refractivity contribution in [2.75, 3.05) is 16.8 Å². The van der Waals surface area contributed by atoms with Crippen molar-refractivity contribution in [1.82, 2.24) is 9.97 Å². The van der Waals surface area contributed by atoms with E-state index in [4.69, 9.17) is 0 Å². The monoisotopic (exact) mass is 422 g/mol. The van der Waals surface area contributed by atoms with Crippen molar-refractivity contribution in [3.8, 4) is 17.1 Å². The Bertz CT molecular complexity index is 1250. The second kappa shape index (κ2) is 8.51. The van der Waals surface area contributed by atoms with E-state index in [1.165, 1.54) is 11.1 Å². The summed E-state index contributed by atoms with van der Waals surface area (Å²) < 4.78 is 0. The van der Waals surface area contributed by atoms with Gasteiger partial charge in [-0.25, -0.2) is 9.97 Å². The highest BCUT2D eigenvalue weighted by Crippen LogP contribution is 2.25. The van der Waals surface area contributed by atoms with Crippen LogP contribution < -0.4 is 10.2 Å². The predicted molar refractivity (Wildman–Crippen MR) is 125 cm³/mol. The molecule has 0 radical (unpaired) electrons. The average molecular weight is 422 g/mol. The van der Waals surface area contributed by atoms with E-state index < -0.39 is 0 Å². The third-order valence-corrected chi connectivity index (χ3v) is 5.64. The highest BCUT2D eigenvalue weighted by molar-refractivity contribution is 6.04. The molecule has 0 spiro atoms. The van der Waals surface area contributed by atoms with Crippen molar-refractivity contribution in [2.45, 2.75) is 13.0 Å². The minimum Gasteiger partial charge on any atom is -0.508 e. The number of nitrogens with one attached hydrogen (secondary N) is 1. The van der Waals surface area contributed by atoms with Crippen LogP contribution in [-0.2, 0) is 13.0 Å². The lowest BCUT2D eigenvalue weighted by Crippen LogP contribution is -2.30. The molecular formula is C26H22N4O2. The molecule has 0 unspecified atom stereocenters. The number of phenolic OH excluding ortho intramolecular Hbond substituents is 1. The van der Waals surface area contributed by atoms with Gasteiger partial charge in [-0.05, 0) is 53.9 Å². The fourth-order valence-electron chi connectivity index (χ4n) is 3.93. The molecule has 0 saturated carbocycles. The van der Waals surface area contributed by atoms with Crippen molar-refractivity contribution >= 4 is 17.3 Å². The zero-order valence-corrected chi connectivity index (χ0v) is 17.4. The first-order chi connectivity index (χ1) is 15.7. The van der Waals surface area contributed by atoms with Crippen LogP contribution in [0, 0.1) is 0 Å². The van der Waals surface area contributed by atoms with Gasteiger partial charge in [0, 0.05) is 29.9 Å². The van der Waals surface area contributed by atoms with E-state index in [1.807, 2.05) is 30.3 Å². The van der Waals surface area contributed by atoms with Crippen LogP contribution in [0.2, 0.25) is 0 Å². The second-order valence-corrected chi connectivity index (χ2v) is 7.79. The van der Waals surface area contributed by atoms with E-state index in [2.05, 4.69) is 44.5 Å². The Kier molecular flexibility index (Phi) is 5.25. The molecule has 2 N–H and O–H groups in total. The Morgan fingerprint density at radius 2 is 1.66 bits per heavy atom. The molecule has 0 saturated heterocycles. The Balaban J connectivity index is 1.24. The fraction of sp³-hybridized carbons (Fsp3) is 0.115. The third kappa shape index (κ3) is 4.16. The van der Waals surface area contributed by atoms with Gasteiger partial charge in [-0.3, -0.25) is 4.79 Å². The largest absolute Gasteiger partial charge is 0.508 e. The molecule has 0 aliphatic carbocycles. The van der Waals surface area contributed by atoms with Gasteiger partial charge in [-0.1, -0.05) is 36.4 Å². The number of phenols is 1. The summed E-state index contributed by atoms with van der Waals surface area (Å²) in [5.41, 5.74) is 5.67. The van der Waals surface area contributed by atoms with Crippen molar-refractivity contribution in [3.63, 3.8) is 0 Å². The van der Waals surface area contributed by atoms with Gasteiger partial charge in [0.25, 0.3) is 5.91 Å². The molecule has 1 aliphatic rings. The molecule has 3 aromatic carbocycles. The van der Waals surface area contributed by atoms with E-state index in [0.29, 0.717) is 22.6 Å². The standard InChI is InChI=1S/C26H22N4O2/c31-24-7-3-6-20(14-24)25-27-15-22(16-28-25)29-26(32)19-8-10-23(11-9-19)30-13-12-18-4-1-2-5-21(18)17-30/h1-11,14-16,31H,12-13,17H2,(H,29,32). The normalized spacial score (nSPS) is 12.8. The second-order valence-electron chi connectivity index (χ2n) is 7.79. The van der Waals surface area contributed by atoms with Gasteiger partial charge < -0.3 is 15.3 Å². The number of hydrogen-bond donors (Lipinski definition) is 2. The number of benzene rings is 3. The number of amides is 1. The van der Waals surface area contributed by atoms with Gasteiger partial charge in [0.15, 0.2) is 5.82 Å². The molecule has 4 aromatic rings. The lowest BCUT2D eigenvalue weighted by atomic mass is 9.99. The predicted octanol–water partition coefficient (Wildman–Crippen LogP) is 4.66. The Hall–Kier alpha value is -4.19. The third-order valence-electron chi connectivity index (χ3n) is 5.64. The Labute approximate surface area is 186 Å². The first kappa shape index (κ1) is 19.8. The van der Waals surface area contributed by atoms with Crippen LogP contribution in [0.3, 0.4) is 0 Å². The summed E-state index contributed by atoms with van der Waals surface area (Å²) in [5, 5.41) is 12.4. The van der Waals surface area contributed by atoms with Crippen molar-refractivity contribution in [2.24, 2.45) is 0 Å². The molecule has 6 heteroatoms. The number of rotatable bonds is 4. The summed E-state index contributed by atoms with van der Waals surface area (Å²) >= 11 is 0. The Morgan fingerprint density at radius 3 is 2.41 bits per heavy atom. The number of carbonyl (C=O) groups is 1. The summed E-state index contributed by atoms with van der Waals surface area (Å²) in [4.78, 5) is 23.6. The Morgan fingerprint density at radius 1 is 0.906 bits per heavy atom. The number of anilines is 2. The highest BCUT2D eigenvalue weighted by Gasteiger charge is 2.16. The number of aromatic nitrogens is 2. The highest BCUT2D eigenvalue weighted by atomic mass is 16.3. The molecule has 1 aliphatic heterocycles. The minimum atomic E-state index is -0.214. The first-order valence-corrected chi connectivity index (χ1v) is 10.5. The maximum Gasteiger partial charge on any atom is 0.255 e. The van der Waals surface area contributed by atoms with Crippen LogP contribution in [-0.4, -0.2) is 27.5 Å². The van der Waals surface area contributed by atoms with E-state index >= 15 is 0 Å². The van der Waals surface area contributed by atoms with Gasteiger partial charge in [-0.2, -0.15) is 0 Å². The summed E-state index contributed by atoms with van der Waals surface area (Å²) in [6.45, 7) is 1.84. The van der Waals surface area contributed by atoms with Crippen LogP contribution in [0.25, 0.3) is 11.4 Å². The van der Waals surface area contributed by atoms with Crippen LogP contribution in [0.4, 0.5) is 11.4 Å². The summed E-state index contributed by atoms with van der Waals surface area (Å²) in [6.07, 6.45) is 4.14. The summed E-state index contributed by atoms with van der Waals surface area (Å²) in [7, 11) is 0. The lowest BCUT2D eigenvalue weighted by molar-refractivity contribution is 0.102. The molecule has 2 heterocycles. The molecule has 1 aromatic heterocycles. The minimum absolute atomic E-state index is 0.153. The first-order valence-electron chi connectivity index (χ1n) is 10.5. The van der Waals surface area contributed by atoms with Crippen LogP contribution in [0.1, 0.15) is 21.5 Å². The van der Waals surface area contributed by atoms with Crippen molar-refractivity contribution in [3.05, 3.63) is 102 Å². The maximum atomic E-state index is 12.7. The zero-order valence-electron chi connectivity index (χ0n) is 17.4. The number of carbonyl (C=O) groups excluding carboxylic acids is 1. The van der Waals surface area contributed by atoms with Gasteiger partial charge >= 0.3 is 0 Å². The number of hydrogen-bond acceptors (Lipinski definition) is 5. The van der Waals surface area contributed by atoms with Gasteiger partial charge in [0.2, 0.25) is 0 Å². The van der Waals surface area contributed by atoms with E-state index in [-0.39, 0.29) is 11.7 Å². The van der Waals surface area contributed by atoms with Crippen LogP contribution in [0.15, 0.2) is 85.2 Å². The molecule has 1 amide bonds. The maximum absolute atomic E-state index is 12.7. The molecule has 5 rings (SSSR count). The average Bonchev–Trinajstić information content (AvgIpc) is 2.84. The smallest absolute Gasteiger partial charge is 0.255 e. The van der Waals surface area contributed by atoms with E-state index in [1.54, 1.807) is 30.6 Å². The topological polar surface area (TPSA) is 78.3 Å². The zero-order chi connectivity index (χ0) is 21.9. The quantitative estimate of drug-likeness (QED) is 0.500. The molecule has 0 atom stereocenters. The number of aromatic hydroxyl groups is 1. The van der Waals surface area contributed by atoms with Crippen molar-refractivity contribution < 1.29 is 9.90 Å².